The predicted octanol–water partition coefficient (Wildman–Crippen LogP) is 5.20. The molecule has 0 radical (unpaired) electrons. The molecule has 8 heteroatoms. The largest absolute Gasteiger partial charge is 0.298 e. The van der Waals surface area contributed by atoms with Crippen LogP contribution in [0.5, 0.6) is 0 Å². The van der Waals surface area contributed by atoms with Gasteiger partial charge in [0, 0.05) is 5.56 Å². The summed E-state index contributed by atoms with van der Waals surface area (Å²) in [5.41, 5.74) is 7.08. The van der Waals surface area contributed by atoms with E-state index in [1.807, 2.05) is 42.5 Å². The van der Waals surface area contributed by atoms with E-state index < -0.39 is 15.9 Å². The van der Waals surface area contributed by atoms with Gasteiger partial charge in [-0.2, -0.15) is 0 Å². The standard InChI is InChI=1S/C25H20ClN3O3S/c1-17(19-14-13-18-7-2-3-8-20(18)15-19)27-28-25(30)21-9-6-10-22(16-21)33(31,32)29-24-12-5-4-11-23(24)26/h2-16,27,29H,1H2,(H,28,30). The van der Waals surface area contributed by atoms with E-state index in [2.05, 4.69) is 22.2 Å². The third-order valence-electron chi connectivity index (χ3n) is 4.95. The first kappa shape index (κ1) is 22.4. The summed E-state index contributed by atoms with van der Waals surface area (Å²) >= 11 is 6.05. The van der Waals surface area contributed by atoms with Crippen molar-refractivity contribution in [3.63, 3.8) is 0 Å². The average Bonchev–Trinajstić information content (AvgIpc) is 2.83. The molecule has 166 valence electrons. The first-order valence-corrected chi connectivity index (χ1v) is 11.8. The Morgan fingerprint density at radius 3 is 2.27 bits per heavy atom. The van der Waals surface area contributed by atoms with E-state index in [0.717, 1.165) is 16.3 Å². The van der Waals surface area contributed by atoms with Crippen LogP contribution in [0.1, 0.15) is 15.9 Å². The summed E-state index contributed by atoms with van der Waals surface area (Å²) in [6.07, 6.45) is 0. The molecule has 0 unspecified atom stereocenters. The van der Waals surface area contributed by atoms with Crippen molar-refractivity contribution in [2.75, 3.05) is 4.72 Å². The lowest BCUT2D eigenvalue weighted by Gasteiger charge is -2.13. The summed E-state index contributed by atoms with van der Waals surface area (Å²) in [6.45, 7) is 3.97. The molecule has 3 N–H and O–H groups in total. The van der Waals surface area contributed by atoms with Gasteiger partial charge < -0.3 is 0 Å². The number of sulfonamides is 1. The van der Waals surface area contributed by atoms with Crippen molar-refractivity contribution >= 4 is 49.7 Å². The van der Waals surface area contributed by atoms with Gasteiger partial charge in [0.25, 0.3) is 15.9 Å². The van der Waals surface area contributed by atoms with Crippen molar-refractivity contribution in [1.29, 1.82) is 0 Å². The van der Waals surface area contributed by atoms with E-state index in [0.29, 0.717) is 5.70 Å². The Kier molecular flexibility index (Phi) is 6.35. The van der Waals surface area contributed by atoms with Gasteiger partial charge in [0.15, 0.2) is 0 Å². The summed E-state index contributed by atoms with van der Waals surface area (Å²) in [5, 5.41) is 2.42. The Balaban J connectivity index is 1.46. The first-order chi connectivity index (χ1) is 15.8. The number of carbonyl (C=O) groups excluding carboxylic acids is 1. The molecule has 0 saturated heterocycles. The molecule has 0 atom stereocenters. The van der Waals surface area contributed by atoms with Crippen LogP contribution in [0.25, 0.3) is 16.5 Å². The molecular weight excluding hydrogens is 458 g/mol. The van der Waals surface area contributed by atoms with E-state index in [9.17, 15) is 13.2 Å². The highest BCUT2D eigenvalue weighted by atomic mass is 35.5. The first-order valence-electron chi connectivity index (χ1n) is 9.95. The van der Waals surface area contributed by atoms with Gasteiger partial charge in [-0.15, -0.1) is 0 Å². The summed E-state index contributed by atoms with van der Waals surface area (Å²) < 4.78 is 27.9. The molecule has 0 heterocycles. The Bertz CT molecular complexity index is 1470. The maximum Gasteiger partial charge on any atom is 0.269 e. The average molecular weight is 478 g/mol. The van der Waals surface area contributed by atoms with Gasteiger partial charge >= 0.3 is 0 Å². The van der Waals surface area contributed by atoms with Gasteiger partial charge in [0.2, 0.25) is 0 Å². The molecule has 0 aliphatic rings. The number of halogens is 1. The molecule has 6 nitrogen and oxygen atoms in total. The fourth-order valence-electron chi connectivity index (χ4n) is 3.21. The predicted molar refractivity (Wildman–Crippen MR) is 132 cm³/mol. The van der Waals surface area contributed by atoms with E-state index >= 15 is 0 Å². The fourth-order valence-corrected chi connectivity index (χ4v) is 4.57. The highest BCUT2D eigenvalue weighted by Crippen LogP contribution is 2.24. The Morgan fingerprint density at radius 2 is 1.48 bits per heavy atom. The molecular formula is C25H20ClN3O3S. The number of benzene rings is 4. The van der Waals surface area contributed by atoms with Gasteiger partial charge in [-0.3, -0.25) is 20.4 Å². The lowest BCUT2D eigenvalue weighted by atomic mass is 10.1. The summed E-state index contributed by atoms with van der Waals surface area (Å²) in [7, 11) is -3.94. The van der Waals surface area contributed by atoms with Crippen LogP contribution in [0.3, 0.4) is 0 Å². The van der Waals surface area contributed by atoms with Crippen LogP contribution in [-0.2, 0) is 10.0 Å². The van der Waals surface area contributed by atoms with Gasteiger partial charge in [0.1, 0.15) is 0 Å². The number of hydrazine groups is 1. The number of carbonyl (C=O) groups is 1. The molecule has 0 saturated carbocycles. The number of rotatable bonds is 7. The zero-order valence-corrected chi connectivity index (χ0v) is 19.0. The second kappa shape index (κ2) is 9.36. The van der Waals surface area contributed by atoms with Crippen LogP contribution >= 0.6 is 11.6 Å². The van der Waals surface area contributed by atoms with Crippen LogP contribution < -0.4 is 15.6 Å². The van der Waals surface area contributed by atoms with Crippen LogP contribution in [-0.4, -0.2) is 14.3 Å². The summed E-state index contributed by atoms with van der Waals surface area (Å²) in [5.74, 6) is -0.508. The Morgan fingerprint density at radius 1 is 0.758 bits per heavy atom. The maximum absolute atomic E-state index is 12.8. The van der Waals surface area contributed by atoms with Crippen molar-refractivity contribution in [1.82, 2.24) is 10.9 Å². The molecule has 0 aliphatic carbocycles. The number of hydrogen-bond donors (Lipinski definition) is 3. The number of anilines is 1. The Labute approximate surface area is 196 Å². The number of nitrogens with one attached hydrogen (secondary N) is 3. The van der Waals surface area contributed by atoms with Gasteiger partial charge in [-0.05, 0) is 52.7 Å². The van der Waals surface area contributed by atoms with Crippen molar-refractivity contribution in [2.24, 2.45) is 0 Å². The van der Waals surface area contributed by atoms with Crippen LogP contribution in [0.4, 0.5) is 5.69 Å². The van der Waals surface area contributed by atoms with Gasteiger partial charge in [-0.25, -0.2) is 8.42 Å². The minimum absolute atomic E-state index is 0.0663. The monoisotopic (exact) mass is 477 g/mol. The molecule has 33 heavy (non-hydrogen) atoms. The molecule has 4 aromatic carbocycles. The molecule has 0 bridgehead atoms. The van der Waals surface area contributed by atoms with Crippen LogP contribution in [0.15, 0.2) is 102 Å². The maximum atomic E-state index is 12.8. The molecule has 0 fully saturated rings. The number of hydrogen-bond acceptors (Lipinski definition) is 4. The second-order valence-electron chi connectivity index (χ2n) is 7.23. The van der Waals surface area contributed by atoms with Gasteiger partial charge in [0.05, 0.1) is 21.3 Å². The van der Waals surface area contributed by atoms with Crippen molar-refractivity contribution in [3.8, 4) is 0 Å². The summed E-state index contributed by atoms with van der Waals surface area (Å²) in [4.78, 5) is 12.6. The molecule has 4 rings (SSSR count). The fraction of sp³-hybridized carbons (Fsp3) is 0. The minimum Gasteiger partial charge on any atom is -0.298 e. The van der Waals surface area contributed by atoms with Crippen LogP contribution in [0, 0.1) is 0 Å². The minimum atomic E-state index is -3.94. The quantitative estimate of drug-likeness (QED) is 0.319. The third-order valence-corrected chi connectivity index (χ3v) is 6.64. The molecule has 1 amide bonds. The number of para-hydroxylation sites is 1. The smallest absolute Gasteiger partial charge is 0.269 e. The SMILES string of the molecule is C=C(NNC(=O)c1cccc(S(=O)(=O)Nc2ccccc2Cl)c1)c1ccc2ccccc2c1. The second-order valence-corrected chi connectivity index (χ2v) is 9.32. The van der Waals surface area contributed by atoms with E-state index in [-0.39, 0.29) is 21.2 Å². The lowest BCUT2D eigenvalue weighted by Crippen LogP contribution is -2.35. The van der Waals surface area contributed by atoms with Crippen LogP contribution in [0.2, 0.25) is 5.02 Å². The molecule has 0 aliphatic heterocycles. The molecule has 0 spiro atoms. The zero-order valence-electron chi connectivity index (χ0n) is 17.4. The highest BCUT2D eigenvalue weighted by Gasteiger charge is 2.18. The van der Waals surface area contributed by atoms with Gasteiger partial charge in [-0.1, -0.05) is 72.8 Å². The molecule has 0 aromatic heterocycles. The summed E-state index contributed by atoms with van der Waals surface area (Å²) in [6, 6.07) is 26.0. The number of fused-ring (bicyclic) bond motifs is 1. The zero-order chi connectivity index (χ0) is 23.4. The Hall–Kier alpha value is -3.81. The van der Waals surface area contributed by atoms with E-state index in [1.165, 1.54) is 24.3 Å². The third kappa shape index (κ3) is 5.16. The van der Waals surface area contributed by atoms with Crippen molar-refractivity contribution in [2.45, 2.75) is 4.90 Å². The van der Waals surface area contributed by atoms with E-state index in [4.69, 9.17) is 11.6 Å². The lowest BCUT2D eigenvalue weighted by molar-refractivity contribution is 0.0942. The normalized spacial score (nSPS) is 11.1. The topological polar surface area (TPSA) is 87.3 Å². The van der Waals surface area contributed by atoms with Crippen molar-refractivity contribution in [3.05, 3.63) is 114 Å². The number of amides is 1. The highest BCUT2D eigenvalue weighted by molar-refractivity contribution is 7.92. The molecule has 4 aromatic rings. The van der Waals surface area contributed by atoms with E-state index in [1.54, 1.807) is 24.3 Å². The van der Waals surface area contributed by atoms with Crippen molar-refractivity contribution < 1.29 is 13.2 Å².